The molecule has 2 N–H and O–H groups in total. The number of carbonyl (C=O) groups is 2. The smallest absolute Gasteiger partial charge is 0.266 e. The van der Waals surface area contributed by atoms with Crippen LogP contribution in [0.4, 0.5) is 0 Å². The number of nitrogens with zero attached hydrogens (tertiary/aromatic N) is 1. The summed E-state index contributed by atoms with van der Waals surface area (Å²) in [6, 6.07) is 7.06. The molecule has 0 unspecified atom stereocenters. The molecule has 7 heteroatoms. The van der Waals surface area contributed by atoms with Gasteiger partial charge in [0.1, 0.15) is 10.1 Å². The average Bonchev–Trinajstić information content (AvgIpc) is 2.74. The average molecular weight is 336 g/mol. The van der Waals surface area contributed by atoms with E-state index in [-0.39, 0.29) is 12.5 Å². The molecular weight excluding hydrogens is 320 g/mol. The third kappa shape index (κ3) is 4.08. The minimum absolute atomic E-state index is 0.0501. The fraction of sp³-hybridized carbons (Fsp3) is 0.267. The van der Waals surface area contributed by atoms with Gasteiger partial charge in [-0.2, -0.15) is 0 Å². The first-order valence-corrected chi connectivity index (χ1v) is 8.00. The highest BCUT2D eigenvalue weighted by molar-refractivity contribution is 8.26. The third-order valence-electron chi connectivity index (χ3n) is 2.88. The Labute approximate surface area is 138 Å². The Kier molecular flexibility index (Phi) is 5.57. The van der Waals surface area contributed by atoms with Gasteiger partial charge in [-0.1, -0.05) is 43.0 Å². The highest BCUT2D eigenvalue weighted by Gasteiger charge is 2.31. The van der Waals surface area contributed by atoms with Gasteiger partial charge in [0.15, 0.2) is 6.61 Å². The van der Waals surface area contributed by atoms with Crippen LogP contribution < -0.4 is 10.5 Å². The number of benzene rings is 1. The lowest BCUT2D eigenvalue weighted by atomic mass is 10.2. The lowest BCUT2D eigenvalue weighted by Crippen LogP contribution is -2.28. The maximum Gasteiger partial charge on any atom is 0.266 e. The first-order valence-electron chi connectivity index (χ1n) is 6.77. The van der Waals surface area contributed by atoms with Gasteiger partial charge in [0.05, 0.1) is 4.91 Å². The molecule has 1 saturated heterocycles. The van der Waals surface area contributed by atoms with Crippen molar-refractivity contribution >= 4 is 46.2 Å². The van der Waals surface area contributed by atoms with Crippen molar-refractivity contribution in [3.05, 3.63) is 34.7 Å². The molecule has 0 bridgehead atoms. The number of carbonyl (C=O) groups excluding carboxylic acids is 2. The molecule has 1 aliphatic heterocycles. The van der Waals surface area contributed by atoms with Gasteiger partial charge >= 0.3 is 0 Å². The molecule has 1 aromatic rings. The summed E-state index contributed by atoms with van der Waals surface area (Å²) in [6.07, 6.45) is 2.67. The first-order chi connectivity index (χ1) is 10.5. The van der Waals surface area contributed by atoms with Crippen LogP contribution in [0.25, 0.3) is 6.08 Å². The number of amides is 2. The van der Waals surface area contributed by atoms with Crippen LogP contribution in [0, 0.1) is 0 Å². The summed E-state index contributed by atoms with van der Waals surface area (Å²) in [7, 11) is 0. The fourth-order valence-electron chi connectivity index (χ4n) is 1.88. The van der Waals surface area contributed by atoms with Crippen molar-refractivity contribution in [3.63, 3.8) is 0 Å². The van der Waals surface area contributed by atoms with E-state index >= 15 is 0 Å². The summed E-state index contributed by atoms with van der Waals surface area (Å²) in [5.74, 6) is -0.0240. The van der Waals surface area contributed by atoms with Gasteiger partial charge in [0.2, 0.25) is 0 Å². The maximum absolute atomic E-state index is 12.2. The predicted octanol–water partition coefficient (Wildman–Crippen LogP) is 2.16. The number of primary amides is 1. The van der Waals surface area contributed by atoms with E-state index in [1.165, 1.54) is 11.8 Å². The molecule has 1 fully saturated rings. The minimum atomic E-state index is -0.524. The van der Waals surface area contributed by atoms with Gasteiger partial charge in [0.25, 0.3) is 11.8 Å². The van der Waals surface area contributed by atoms with E-state index in [1.54, 1.807) is 23.1 Å². The summed E-state index contributed by atoms with van der Waals surface area (Å²) >= 11 is 6.53. The van der Waals surface area contributed by atoms with Crippen LogP contribution in [0.15, 0.2) is 29.2 Å². The molecule has 0 aromatic heterocycles. The lowest BCUT2D eigenvalue weighted by molar-refractivity contribution is -0.122. The molecule has 1 aromatic carbocycles. The van der Waals surface area contributed by atoms with Crippen molar-refractivity contribution < 1.29 is 14.3 Å². The molecular formula is C15H16N2O3S2. The van der Waals surface area contributed by atoms with Crippen molar-refractivity contribution in [3.8, 4) is 5.75 Å². The van der Waals surface area contributed by atoms with Crippen LogP contribution in [0.5, 0.6) is 5.75 Å². The summed E-state index contributed by atoms with van der Waals surface area (Å²) in [6.45, 7) is 2.49. The summed E-state index contributed by atoms with van der Waals surface area (Å²) in [4.78, 5) is 25.1. The summed E-state index contributed by atoms with van der Waals surface area (Å²) < 4.78 is 5.78. The monoisotopic (exact) mass is 336 g/mol. The van der Waals surface area contributed by atoms with Crippen molar-refractivity contribution in [2.45, 2.75) is 13.3 Å². The molecule has 116 valence electrons. The van der Waals surface area contributed by atoms with Crippen molar-refractivity contribution in [1.82, 2.24) is 4.90 Å². The third-order valence-corrected chi connectivity index (χ3v) is 4.26. The molecule has 2 amide bonds. The predicted molar refractivity (Wildman–Crippen MR) is 91.3 cm³/mol. The second-order valence-electron chi connectivity index (χ2n) is 4.66. The molecule has 0 spiro atoms. The normalized spacial score (nSPS) is 16.4. The van der Waals surface area contributed by atoms with E-state index in [1.807, 2.05) is 19.1 Å². The van der Waals surface area contributed by atoms with Gasteiger partial charge in [-0.05, 0) is 30.2 Å². The van der Waals surface area contributed by atoms with Crippen molar-refractivity contribution in [2.75, 3.05) is 13.2 Å². The molecule has 5 nitrogen and oxygen atoms in total. The SMILES string of the molecule is CCCN1C(=O)/C(=C\c2ccc(OCC(N)=O)cc2)SC1=S. The second kappa shape index (κ2) is 7.42. The summed E-state index contributed by atoms with van der Waals surface area (Å²) in [5.41, 5.74) is 5.88. The Bertz CT molecular complexity index is 626. The van der Waals surface area contributed by atoms with Gasteiger partial charge in [-0.25, -0.2) is 0 Å². The fourth-order valence-corrected chi connectivity index (χ4v) is 3.19. The van der Waals surface area contributed by atoms with E-state index in [0.717, 1.165) is 12.0 Å². The Hall–Kier alpha value is -1.86. The van der Waals surface area contributed by atoms with Gasteiger partial charge < -0.3 is 10.5 Å². The second-order valence-corrected chi connectivity index (χ2v) is 6.33. The molecule has 0 saturated carbocycles. The van der Waals surface area contributed by atoms with E-state index in [4.69, 9.17) is 22.7 Å². The number of thiocarbonyl (C=S) groups is 1. The number of thioether (sulfide) groups is 1. The molecule has 1 heterocycles. The van der Waals surface area contributed by atoms with Crippen LogP contribution >= 0.6 is 24.0 Å². The Balaban J connectivity index is 2.08. The van der Waals surface area contributed by atoms with Crippen LogP contribution in [0.3, 0.4) is 0 Å². The van der Waals surface area contributed by atoms with Crippen LogP contribution in [-0.4, -0.2) is 34.2 Å². The zero-order valence-corrected chi connectivity index (χ0v) is 13.7. The molecule has 22 heavy (non-hydrogen) atoms. The van der Waals surface area contributed by atoms with Gasteiger partial charge in [-0.3, -0.25) is 14.5 Å². The molecule has 0 atom stereocenters. The molecule has 1 aliphatic rings. The van der Waals surface area contributed by atoms with Crippen LogP contribution in [-0.2, 0) is 9.59 Å². The van der Waals surface area contributed by atoms with Crippen molar-refractivity contribution in [1.29, 1.82) is 0 Å². The van der Waals surface area contributed by atoms with Crippen LogP contribution in [0.1, 0.15) is 18.9 Å². The molecule has 2 rings (SSSR count). The summed E-state index contributed by atoms with van der Waals surface area (Å²) in [5, 5.41) is 0. The minimum Gasteiger partial charge on any atom is -0.484 e. The molecule has 0 aliphatic carbocycles. The van der Waals surface area contributed by atoms with Crippen LogP contribution in [0.2, 0.25) is 0 Å². The van der Waals surface area contributed by atoms with E-state index in [0.29, 0.717) is 21.5 Å². The Morgan fingerprint density at radius 2 is 2.09 bits per heavy atom. The number of nitrogens with two attached hydrogens (primary N) is 1. The lowest BCUT2D eigenvalue weighted by Gasteiger charge is -2.11. The molecule has 0 radical (unpaired) electrons. The Morgan fingerprint density at radius 1 is 1.41 bits per heavy atom. The van der Waals surface area contributed by atoms with Gasteiger partial charge in [0, 0.05) is 6.54 Å². The van der Waals surface area contributed by atoms with Crippen molar-refractivity contribution in [2.24, 2.45) is 5.73 Å². The first kappa shape index (κ1) is 16.5. The highest BCUT2D eigenvalue weighted by Crippen LogP contribution is 2.32. The zero-order chi connectivity index (χ0) is 16.1. The number of rotatable bonds is 6. The number of ether oxygens (including phenoxy) is 1. The van der Waals surface area contributed by atoms with E-state index < -0.39 is 5.91 Å². The quantitative estimate of drug-likeness (QED) is 0.637. The standard InChI is InChI=1S/C15H16N2O3S2/c1-2-7-17-14(19)12(22-15(17)21)8-10-3-5-11(6-4-10)20-9-13(16)18/h3-6,8H,2,7,9H2,1H3,(H2,16,18)/b12-8+. The number of hydrogen-bond acceptors (Lipinski definition) is 5. The highest BCUT2D eigenvalue weighted by atomic mass is 32.2. The Morgan fingerprint density at radius 3 is 2.68 bits per heavy atom. The van der Waals surface area contributed by atoms with E-state index in [2.05, 4.69) is 0 Å². The largest absolute Gasteiger partial charge is 0.484 e. The van der Waals surface area contributed by atoms with E-state index in [9.17, 15) is 9.59 Å². The number of hydrogen-bond donors (Lipinski definition) is 1. The maximum atomic E-state index is 12.2. The topological polar surface area (TPSA) is 72.6 Å². The van der Waals surface area contributed by atoms with Gasteiger partial charge in [-0.15, -0.1) is 0 Å². The zero-order valence-electron chi connectivity index (χ0n) is 12.1.